The van der Waals surface area contributed by atoms with Crippen LogP contribution in [0.2, 0.25) is 0 Å². The summed E-state index contributed by atoms with van der Waals surface area (Å²) in [6.45, 7) is 0. The Morgan fingerprint density at radius 2 is 0.818 bits per heavy atom. The molecule has 0 saturated carbocycles. The molecule has 0 fully saturated rings. The van der Waals surface area contributed by atoms with Crippen molar-refractivity contribution in [3.63, 3.8) is 0 Å². The lowest BCUT2D eigenvalue weighted by atomic mass is 9.93. The second kappa shape index (κ2) is 12.3. The van der Waals surface area contributed by atoms with Crippen LogP contribution in [0.5, 0.6) is 0 Å². The summed E-state index contributed by atoms with van der Waals surface area (Å²) < 4.78 is 0. The fraction of sp³-hybridized carbons (Fsp3) is 0. The highest BCUT2D eigenvalue weighted by atomic mass is 16.1. The van der Waals surface area contributed by atoms with E-state index in [1.54, 1.807) is 60.7 Å². The molecule has 214 valence electrons. The fourth-order valence-corrected chi connectivity index (χ4v) is 4.86. The van der Waals surface area contributed by atoms with Crippen molar-refractivity contribution in [2.45, 2.75) is 0 Å². The van der Waals surface area contributed by atoms with E-state index in [4.69, 9.17) is 0 Å². The molecule has 0 unspecified atom stereocenters. The molecule has 0 aliphatic heterocycles. The van der Waals surface area contributed by atoms with Gasteiger partial charge in [0, 0.05) is 33.9 Å². The summed E-state index contributed by atoms with van der Waals surface area (Å²) in [5.41, 5.74) is 2.86. The Kier molecular flexibility index (Phi) is 7.79. The molecule has 0 saturated heterocycles. The van der Waals surface area contributed by atoms with Gasteiger partial charge in [0.1, 0.15) is 22.8 Å². The Bertz CT molecular complexity index is 1910. The van der Waals surface area contributed by atoms with E-state index in [0.29, 0.717) is 28.3 Å². The van der Waals surface area contributed by atoms with Crippen molar-refractivity contribution in [1.29, 1.82) is 0 Å². The summed E-state index contributed by atoms with van der Waals surface area (Å²) in [6, 6.07) is 34.0. The number of ketones is 4. The van der Waals surface area contributed by atoms with Crippen molar-refractivity contribution in [3.8, 4) is 0 Å². The summed E-state index contributed by atoms with van der Waals surface area (Å²) in [5, 5.41) is 12.6. The van der Waals surface area contributed by atoms with Gasteiger partial charge in [-0.2, -0.15) is 0 Å². The van der Waals surface area contributed by atoms with Crippen LogP contribution in [-0.2, 0) is 19.2 Å². The average Bonchev–Trinajstić information content (AvgIpc) is 3.06. The van der Waals surface area contributed by atoms with E-state index >= 15 is 0 Å². The van der Waals surface area contributed by atoms with Crippen molar-refractivity contribution >= 4 is 51.5 Å². The molecule has 8 nitrogen and oxygen atoms in total. The molecule has 0 atom stereocenters. The van der Waals surface area contributed by atoms with Gasteiger partial charge in [0.25, 0.3) is 0 Å². The highest BCUT2D eigenvalue weighted by molar-refractivity contribution is 6.35. The van der Waals surface area contributed by atoms with Crippen molar-refractivity contribution in [2.24, 2.45) is 0 Å². The predicted molar refractivity (Wildman–Crippen MR) is 171 cm³/mol. The molecule has 0 bridgehead atoms. The van der Waals surface area contributed by atoms with Crippen LogP contribution in [0.1, 0.15) is 5.56 Å². The maximum atomic E-state index is 14.5. The number of nitrogens with one attached hydrogen (secondary N) is 4. The quantitative estimate of drug-likeness (QED) is 0.176. The second-order valence-corrected chi connectivity index (χ2v) is 9.96. The number of carbonyl (C=O) groups is 4. The smallest absolute Gasteiger partial charge is 0.229 e. The molecule has 0 radical (unpaired) electrons. The molecule has 2 aliphatic rings. The van der Waals surface area contributed by atoms with Gasteiger partial charge in [-0.15, -0.1) is 0 Å². The zero-order chi connectivity index (χ0) is 30.5. The van der Waals surface area contributed by atoms with Crippen LogP contribution in [0.3, 0.4) is 0 Å². The molecule has 0 heterocycles. The Morgan fingerprint density at radius 3 is 1.30 bits per heavy atom. The van der Waals surface area contributed by atoms with E-state index in [9.17, 15) is 19.2 Å². The SMILES string of the molecule is O=C1C=CC(=O)C(c2ccccc2NC2=C(Nc3ccccc3)C(=O)C(Nc3ccccc3)=C(Nc3ccccc3)C2=O)=C1. The zero-order valence-electron chi connectivity index (χ0n) is 23.3. The Balaban J connectivity index is 1.49. The van der Waals surface area contributed by atoms with E-state index in [2.05, 4.69) is 21.3 Å². The van der Waals surface area contributed by atoms with Gasteiger partial charge in [0.2, 0.25) is 11.6 Å². The maximum Gasteiger partial charge on any atom is 0.229 e. The van der Waals surface area contributed by atoms with Crippen molar-refractivity contribution in [1.82, 2.24) is 0 Å². The molecule has 2 aliphatic carbocycles. The van der Waals surface area contributed by atoms with Gasteiger partial charge in [-0.1, -0.05) is 72.8 Å². The first-order chi connectivity index (χ1) is 21.5. The molecule has 4 aromatic carbocycles. The summed E-state index contributed by atoms with van der Waals surface area (Å²) in [6.07, 6.45) is 3.69. The number of allylic oxidation sites excluding steroid dienone is 4. The van der Waals surface area contributed by atoms with Crippen molar-refractivity contribution in [2.75, 3.05) is 21.3 Å². The lowest BCUT2D eigenvalue weighted by Gasteiger charge is -2.27. The first kappa shape index (κ1) is 27.9. The summed E-state index contributed by atoms with van der Waals surface area (Å²) in [4.78, 5) is 53.8. The number of rotatable bonds is 9. The lowest BCUT2D eigenvalue weighted by molar-refractivity contribution is -0.116. The summed E-state index contributed by atoms with van der Waals surface area (Å²) in [5.74, 6) is -1.64. The Labute approximate surface area is 253 Å². The minimum atomic E-state index is -0.500. The van der Waals surface area contributed by atoms with Gasteiger partial charge >= 0.3 is 0 Å². The van der Waals surface area contributed by atoms with Gasteiger partial charge in [-0.05, 0) is 60.7 Å². The molecule has 0 amide bonds. The third-order valence-electron chi connectivity index (χ3n) is 6.97. The summed E-state index contributed by atoms with van der Waals surface area (Å²) >= 11 is 0. The van der Waals surface area contributed by atoms with Crippen LogP contribution < -0.4 is 21.3 Å². The third-order valence-corrected chi connectivity index (χ3v) is 6.97. The zero-order valence-corrected chi connectivity index (χ0v) is 23.3. The number of Topliss-reactive ketones (excluding diaryl/α,β-unsaturated/α-hetero) is 2. The first-order valence-electron chi connectivity index (χ1n) is 13.9. The Morgan fingerprint density at radius 1 is 0.409 bits per heavy atom. The maximum absolute atomic E-state index is 14.5. The molecule has 8 heteroatoms. The van der Waals surface area contributed by atoms with Crippen LogP contribution in [-0.4, -0.2) is 23.1 Å². The van der Waals surface area contributed by atoms with Crippen LogP contribution in [0.4, 0.5) is 22.7 Å². The van der Waals surface area contributed by atoms with Gasteiger partial charge in [0.15, 0.2) is 11.6 Å². The van der Waals surface area contributed by atoms with Crippen molar-refractivity contribution in [3.05, 3.63) is 162 Å². The standard InChI is InChI=1S/C36H26N4O4/c41-26-20-21-30(42)28(22-26)27-18-10-11-19-29(27)40-34-33(39-25-16-8-3-9-17-25)35(43)31(37-23-12-4-1-5-13-23)32(36(34)44)38-24-14-6-2-7-15-24/h1-22,37-40H. The van der Waals surface area contributed by atoms with Crippen LogP contribution >= 0.6 is 0 Å². The molecular weight excluding hydrogens is 552 g/mol. The highest BCUT2D eigenvalue weighted by Crippen LogP contribution is 2.33. The van der Waals surface area contributed by atoms with Crippen LogP contribution in [0.15, 0.2) is 156 Å². The number of hydrogen-bond acceptors (Lipinski definition) is 8. The monoisotopic (exact) mass is 578 g/mol. The number of hydrogen-bond donors (Lipinski definition) is 4. The number of anilines is 4. The van der Waals surface area contributed by atoms with Gasteiger partial charge < -0.3 is 21.3 Å². The van der Waals surface area contributed by atoms with Gasteiger partial charge in [0.05, 0.1) is 0 Å². The summed E-state index contributed by atoms with van der Waals surface area (Å²) in [7, 11) is 0. The molecule has 44 heavy (non-hydrogen) atoms. The van der Waals surface area contributed by atoms with Crippen molar-refractivity contribution < 1.29 is 19.2 Å². The molecule has 0 spiro atoms. The van der Waals surface area contributed by atoms with E-state index in [1.807, 2.05) is 54.6 Å². The van der Waals surface area contributed by atoms with E-state index in [-0.39, 0.29) is 39.9 Å². The fourth-order valence-electron chi connectivity index (χ4n) is 4.86. The number of para-hydroxylation sites is 4. The minimum Gasteiger partial charge on any atom is -0.350 e. The third kappa shape index (κ3) is 5.86. The van der Waals surface area contributed by atoms with Gasteiger partial charge in [-0.25, -0.2) is 0 Å². The van der Waals surface area contributed by atoms with E-state index < -0.39 is 11.6 Å². The normalized spacial score (nSPS) is 14.9. The molecular formula is C36H26N4O4. The number of benzene rings is 4. The molecule has 4 aromatic rings. The minimum absolute atomic E-state index is 0.00738. The topological polar surface area (TPSA) is 116 Å². The molecule has 6 rings (SSSR count). The van der Waals surface area contributed by atoms with Crippen LogP contribution in [0.25, 0.3) is 5.57 Å². The van der Waals surface area contributed by atoms with E-state index in [1.165, 1.54) is 18.2 Å². The predicted octanol–water partition coefficient (Wildman–Crippen LogP) is 6.10. The Hall–Kier alpha value is -6.28. The molecule has 0 aromatic heterocycles. The highest BCUT2D eigenvalue weighted by Gasteiger charge is 2.36. The number of carbonyl (C=O) groups excluding carboxylic acids is 4. The van der Waals surface area contributed by atoms with E-state index in [0.717, 1.165) is 0 Å². The first-order valence-corrected chi connectivity index (χ1v) is 13.9. The second-order valence-electron chi connectivity index (χ2n) is 9.96. The average molecular weight is 579 g/mol. The largest absolute Gasteiger partial charge is 0.350 e. The lowest BCUT2D eigenvalue weighted by Crippen LogP contribution is -2.36. The van der Waals surface area contributed by atoms with Gasteiger partial charge in [-0.3, -0.25) is 19.2 Å². The van der Waals surface area contributed by atoms with Crippen LogP contribution in [0, 0.1) is 0 Å². The molecule has 4 N–H and O–H groups in total.